The van der Waals surface area contributed by atoms with E-state index < -0.39 is 17.2 Å². The number of rotatable bonds is 6. The summed E-state index contributed by atoms with van der Waals surface area (Å²) < 4.78 is 17.9. The van der Waals surface area contributed by atoms with Gasteiger partial charge in [0.05, 0.1) is 39.7 Å². The molecule has 4 rings (SSSR count). The molecule has 0 spiro atoms. The first-order valence-electron chi connectivity index (χ1n) is 10.5. The molecule has 1 aromatic heterocycles. The second kappa shape index (κ2) is 10.1. The number of carbonyl (C=O) groups is 1. The third kappa shape index (κ3) is 4.55. The Kier molecular flexibility index (Phi) is 6.99. The first-order chi connectivity index (χ1) is 16.4. The minimum absolute atomic E-state index is 0.128. The molecular formula is C23H23ClN4O6. The fourth-order valence-corrected chi connectivity index (χ4v) is 3.82. The number of hydrogen-bond acceptors (Lipinski definition) is 7. The molecule has 1 fully saturated rings. The molecule has 0 radical (unpaired) electrons. The SMILES string of the molecule is COc1ccc(-n2nc(C(=O)N3CCOCC3)c(=O)n(Cc3ccccc3Cl)c2=O)cc1OC. The molecule has 1 aliphatic rings. The van der Waals surface area contributed by atoms with Crippen molar-refractivity contribution in [2.24, 2.45) is 0 Å². The second-order valence-electron chi connectivity index (χ2n) is 7.47. The maximum Gasteiger partial charge on any atom is 0.352 e. The molecule has 0 aliphatic carbocycles. The van der Waals surface area contributed by atoms with Gasteiger partial charge in [0.25, 0.3) is 11.5 Å². The fourth-order valence-electron chi connectivity index (χ4n) is 3.63. The van der Waals surface area contributed by atoms with E-state index >= 15 is 0 Å². The van der Waals surface area contributed by atoms with E-state index in [1.54, 1.807) is 42.5 Å². The van der Waals surface area contributed by atoms with E-state index in [1.165, 1.54) is 19.1 Å². The molecule has 0 atom stereocenters. The lowest BCUT2D eigenvalue weighted by molar-refractivity contribution is 0.0295. The van der Waals surface area contributed by atoms with Crippen LogP contribution in [0.2, 0.25) is 5.02 Å². The minimum atomic E-state index is -0.793. The lowest BCUT2D eigenvalue weighted by Crippen LogP contribution is -2.48. The van der Waals surface area contributed by atoms with Gasteiger partial charge in [-0.25, -0.2) is 4.79 Å². The van der Waals surface area contributed by atoms with Crippen molar-refractivity contribution >= 4 is 17.5 Å². The van der Waals surface area contributed by atoms with Crippen LogP contribution < -0.4 is 20.7 Å². The summed E-state index contributed by atoms with van der Waals surface area (Å²) in [4.78, 5) is 41.4. The highest BCUT2D eigenvalue weighted by atomic mass is 35.5. The first kappa shape index (κ1) is 23.5. The van der Waals surface area contributed by atoms with Crippen LogP contribution in [0.25, 0.3) is 5.69 Å². The summed E-state index contributed by atoms with van der Waals surface area (Å²) in [5.74, 6) is 0.238. The van der Waals surface area contributed by atoms with Gasteiger partial charge in [0.1, 0.15) is 0 Å². The molecule has 10 nitrogen and oxygen atoms in total. The van der Waals surface area contributed by atoms with Gasteiger partial charge in [0.2, 0.25) is 5.69 Å². The highest BCUT2D eigenvalue weighted by Crippen LogP contribution is 2.28. The molecule has 1 amide bonds. The number of carbonyl (C=O) groups excluding carboxylic acids is 1. The van der Waals surface area contributed by atoms with E-state index in [9.17, 15) is 14.4 Å². The Morgan fingerprint density at radius 1 is 1.06 bits per heavy atom. The zero-order valence-corrected chi connectivity index (χ0v) is 19.4. The van der Waals surface area contributed by atoms with Gasteiger partial charge in [-0.3, -0.25) is 14.2 Å². The Morgan fingerprint density at radius 3 is 2.44 bits per heavy atom. The van der Waals surface area contributed by atoms with Crippen molar-refractivity contribution in [3.05, 3.63) is 79.6 Å². The molecule has 0 N–H and O–H groups in total. The Labute approximate surface area is 199 Å². The molecule has 1 saturated heterocycles. The highest BCUT2D eigenvalue weighted by molar-refractivity contribution is 6.31. The van der Waals surface area contributed by atoms with Crippen LogP contribution in [0.15, 0.2) is 52.1 Å². The van der Waals surface area contributed by atoms with Crippen molar-refractivity contribution in [2.75, 3.05) is 40.5 Å². The largest absolute Gasteiger partial charge is 0.493 e. The number of methoxy groups -OCH3 is 2. The summed E-state index contributed by atoms with van der Waals surface area (Å²) in [5, 5.41) is 4.58. The maximum absolute atomic E-state index is 13.4. The summed E-state index contributed by atoms with van der Waals surface area (Å²) in [6.07, 6.45) is 0. The van der Waals surface area contributed by atoms with Crippen molar-refractivity contribution in [2.45, 2.75) is 6.54 Å². The van der Waals surface area contributed by atoms with Crippen LogP contribution >= 0.6 is 11.6 Å². The number of aromatic nitrogens is 3. The van der Waals surface area contributed by atoms with E-state index in [0.717, 1.165) is 9.25 Å². The molecule has 178 valence electrons. The summed E-state index contributed by atoms with van der Waals surface area (Å²) in [6, 6.07) is 11.6. The predicted octanol–water partition coefficient (Wildman–Crippen LogP) is 1.59. The molecule has 2 heterocycles. The number of ether oxygens (including phenoxy) is 3. The van der Waals surface area contributed by atoms with Gasteiger partial charge in [0.15, 0.2) is 11.5 Å². The number of nitrogens with zero attached hydrogens (tertiary/aromatic N) is 4. The molecule has 0 bridgehead atoms. The summed E-state index contributed by atoms with van der Waals surface area (Å²) in [5.41, 5.74) is -1.04. The molecule has 0 saturated carbocycles. The van der Waals surface area contributed by atoms with Crippen LogP contribution in [0, 0.1) is 0 Å². The lowest BCUT2D eigenvalue weighted by atomic mass is 10.2. The van der Waals surface area contributed by atoms with Crippen LogP contribution in [-0.2, 0) is 11.3 Å². The summed E-state index contributed by atoms with van der Waals surface area (Å²) >= 11 is 6.27. The number of halogens is 1. The fraction of sp³-hybridized carbons (Fsp3) is 0.304. The average molecular weight is 487 g/mol. The Balaban J connectivity index is 1.90. The third-order valence-corrected chi connectivity index (χ3v) is 5.83. The first-order valence-corrected chi connectivity index (χ1v) is 10.9. The summed E-state index contributed by atoms with van der Waals surface area (Å²) in [6.45, 7) is 1.22. The minimum Gasteiger partial charge on any atom is -0.493 e. The van der Waals surface area contributed by atoms with E-state index in [1.807, 2.05) is 0 Å². The van der Waals surface area contributed by atoms with Gasteiger partial charge < -0.3 is 19.1 Å². The molecular weight excluding hydrogens is 464 g/mol. The maximum atomic E-state index is 13.4. The monoisotopic (exact) mass is 486 g/mol. The van der Waals surface area contributed by atoms with Gasteiger partial charge in [-0.2, -0.15) is 9.78 Å². The van der Waals surface area contributed by atoms with Gasteiger partial charge in [-0.1, -0.05) is 29.8 Å². The van der Waals surface area contributed by atoms with Crippen molar-refractivity contribution in [1.82, 2.24) is 19.2 Å². The molecule has 1 aliphatic heterocycles. The predicted molar refractivity (Wildman–Crippen MR) is 124 cm³/mol. The molecule has 34 heavy (non-hydrogen) atoms. The number of amides is 1. The topological polar surface area (TPSA) is 105 Å². The van der Waals surface area contributed by atoms with E-state index in [4.69, 9.17) is 25.8 Å². The van der Waals surface area contributed by atoms with E-state index in [-0.39, 0.29) is 12.2 Å². The van der Waals surface area contributed by atoms with Crippen molar-refractivity contribution < 1.29 is 19.0 Å². The molecule has 2 aromatic carbocycles. The van der Waals surface area contributed by atoms with Gasteiger partial charge in [0, 0.05) is 24.2 Å². The smallest absolute Gasteiger partial charge is 0.352 e. The van der Waals surface area contributed by atoms with E-state index in [2.05, 4.69) is 5.10 Å². The van der Waals surface area contributed by atoms with Crippen LogP contribution in [-0.4, -0.2) is 65.7 Å². The number of benzene rings is 2. The van der Waals surface area contributed by atoms with Crippen molar-refractivity contribution in [3.63, 3.8) is 0 Å². The Hall–Kier alpha value is -3.63. The standard InChI is InChI=1S/C23H23ClN4O6/c1-32-18-8-7-16(13-19(18)33-2)28-23(31)27(14-15-5-3-4-6-17(15)24)22(30)20(25-28)21(29)26-9-11-34-12-10-26/h3-8,13H,9-12,14H2,1-2H3. The quantitative estimate of drug-likeness (QED) is 0.521. The highest BCUT2D eigenvalue weighted by Gasteiger charge is 2.26. The van der Waals surface area contributed by atoms with Gasteiger partial charge in [-0.05, 0) is 23.8 Å². The van der Waals surface area contributed by atoms with Gasteiger partial charge in [-0.15, -0.1) is 0 Å². The van der Waals surface area contributed by atoms with E-state index in [0.29, 0.717) is 54.1 Å². The average Bonchev–Trinajstić information content (AvgIpc) is 2.87. The van der Waals surface area contributed by atoms with Crippen LogP contribution in [0.5, 0.6) is 11.5 Å². The number of morpholine rings is 1. The van der Waals surface area contributed by atoms with Crippen molar-refractivity contribution in [3.8, 4) is 17.2 Å². The Morgan fingerprint density at radius 2 is 1.76 bits per heavy atom. The normalized spacial score (nSPS) is 13.6. The van der Waals surface area contributed by atoms with Crippen LogP contribution in [0.1, 0.15) is 16.1 Å². The zero-order chi connectivity index (χ0) is 24.2. The molecule has 11 heteroatoms. The molecule has 3 aromatic rings. The second-order valence-corrected chi connectivity index (χ2v) is 7.88. The van der Waals surface area contributed by atoms with Crippen molar-refractivity contribution in [1.29, 1.82) is 0 Å². The molecule has 0 unspecified atom stereocenters. The van der Waals surface area contributed by atoms with Crippen LogP contribution in [0.3, 0.4) is 0 Å². The summed E-state index contributed by atoms with van der Waals surface area (Å²) in [7, 11) is 2.95. The van der Waals surface area contributed by atoms with Gasteiger partial charge >= 0.3 is 5.69 Å². The zero-order valence-electron chi connectivity index (χ0n) is 18.7. The third-order valence-electron chi connectivity index (χ3n) is 5.46. The number of hydrogen-bond donors (Lipinski definition) is 0. The Bertz CT molecular complexity index is 1330. The van der Waals surface area contributed by atoms with Crippen LogP contribution in [0.4, 0.5) is 0 Å². The lowest BCUT2D eigenvalue weighted by Gasteiger charge is -2.26.